The molecule has 1 unspecified atom stereocenters. The normalized spacial score (nSPS) is 11.8. The van der Waals surface area contributed by atoms with Crippen LogP contribution in [0.5, 0.6) is 17.2 Å². The number of benzene rings is 2. The van der Waals surface area contributed by atoms with Crippen LogP contribution in [0.2, 0.25) is 5.02 Å². The Balaban J connectivity index is 2.07. The van der Waals surface area contributed by atoms with Gasteiger partial charge in [0.25, 0.3) is 0 Å². The van der Waals surface area contributed by atoms with Gasteiger partial charge in [-0.25, -0.2) is 0 Å². The summed E-state index contributed by atoms with van der Waals surface area (Å²) in [5.74, 6) is 1.82. The molecule has 2 rings (SSSR count). The lowest BCUT2D eigenvalue weighted by molar-refractivity contribution is 0.105. The lowest BCUT2D eigenvalue weighted by Crippen LogP contribution is -2.11. The molecule has 0 saturated carbocycles. The van der Waals surface area contributed by atoms with Crippen LogP contribution in [0.1, 0.15) is 11.7 Å². The highest BCUT2D eigenvalue weighted by molar-refractivity contribution is 6.30. The summed E-state index contributed by atoms with van der Waals surface area (Å²) < 4.78 is 15.9. The minimum atomic E-state index is -0.815. The van der Waals surface area contributed by atoms with E-state index in [0.29, 0.717) is 27.8 Å². The van der Waals surface area contributed by atoms with Crippen molar-refractivity contribution >= 4 is 11.6 Å². The molecule has 0 aliphatic carbocycles. The average Bonchev–Trinajstić information content (AvgIpc) is 2.52. The first-order valence-corrected chi connectivity index (χ1v) is 6.80. The van der Waals surface area contributed by atoms with Gasteiger partial charge in [-0.1, -0.05) is 17.7 Å². The molecule has 0 bridgehead atoms. The Morgan fingerprint density at radius 3 is 2.52 bits per heavy atom. The number of halogens is 1. The van der Waals surface area contributed by atoms with Crippen LogP contribution >= 0.6 is 11.6 Å². The van der Waals surface area contributed by atoms with Gasteiger partial charge in [-0.05, 0) is 30.3 Å². The lowest BCUT2D eigenvalue weighted by atomic mass is 10.1. The Morgan fingerprint density at radius 1 is 1.05 bits per heavy atom. The Bertz CT molecular complexity index is 601. The number of ether oxygens (including phenoxy) is 3. The van der Waals surface area contributed by atoms with E-state index in [0.717, 1.165) is 0 Å². The van der Waals surface area contributed by atoms with Crippen LogP contribution in [0.15, 0.2) is 42.5 Å². The second-order valence-electron chi connectivity index (χ2n) is 4.39. The minimum Gasteiger partial charge on any atom is -0.497 e. The molecule has 1 atom stereocenters. The van der Waals surface area contributed by atoms with E-state index in [1.165, 1.54) is 0 Å². The van der Waals surface area contributed by atoms with E-state index in [2.05, 4.69) is 0 Å². The van der Waals surface area contributed by atoms with Crippen LogP contribution in [-0.2, 0) is 0 Å². The molecule has 0 aliphatic heterocycles. The fourth-order valence-electron chi connectivity index (χ4n) is 1.92. The van der Waals surface area contributed by atoms with Gasteiger partial charge in [0, 0.05) is 16.7 Å². The summed E-state index contributed by atoms with van der Waals surface area (Å²) in [7, 11) is 3.12. The summed E-state index contributed by atoms with van der Waals surface area (Å²) in [6.07, 6.45) is -0.815. The Morgan fingerprint density at radius 2 is 1.86 bits per heavy atom. The van der Waals surface area contributed by atoms with Gasteiger partial charge in [0.2, 0.25) is 0 Å². The summed E-state index contributed by atoms with van der Waals surface area (Å²) in [6.45, 7) is 0.100. The molecule has 0 aliphatic rings. The van der Waals surface area contributed by atoms with E-state index in [-0.39, 0.29) is 6.61 Å². The van der Waals surface area contributed by atoms with Gasteiger partial charge in [-0.15, -0.1) is 0 Å². The maximum atomic E-state index is 10.2. The molecule has 1 N–H and O–H groups in total. The predicted molar refractivity (Wildman–Crippen MR) is 81.5 cm³/mol. The topological polar surface area (TPSA) is 47.9 Å². The van der Waals surface area contributed by atoms with Gasteiger partial charge in [-0.3, -0.25) is 0 Å². The molecule has 2 aromatic carbocycles. The third-order valence-electron chi connectivity index (χ3n) is 3.00. The van der Waals surface area contributed by atoms with Gasteiger partial charge in [0.05, 0.1) is 14.2 Å². The monoisotopic (exact) mass is 308 g/mol. The number of methoxy groups -OCH3 is 2. The molecule has 0 amide bonds. The molecular weight excluding hydrogens is 292 g/mol. The molecule has 0 saturated heterocycles. The summed E-state index contributed by atoms with van der Waals surface area (Å²) >= 11 is 5.88. The first-order valence-electron chi connectivity index (χ1n) is 6.42. The zero-order chi connectivity index (χ0) is 15.2. The lowest BCUT2D eigenvalue weighted by Gasteiger charge is -2.16. The first-order chi connectivity index (χ1) is 10.1. The molecular formula is C16H17ClO4. The summed E-state index contributed by atoms with van der Waals surface area (Å²) in [4.78, 5) is 0. The molecule has 0 radical (unpaired) electrons. The SMILES string of the molecule is COc1ccc(C(O)COc2cccc(Cl)c2)c(OC)c1. The highest BCUT2D eigenvalue weighted by Gasteiger charge is 2.15. The third kappa shape index (κ3) is 4.03. The number of aliphatic hydroxyl groups excluding tert-OH is 1. The van der Waals surface area contributed by atoms with E-state index in [4.69, 9.17) is 25.8 Å². The van der Waals surface area contributed by atoms with Crippen molar-refractivity contribution in [3.8, 4) is 17.2 Å². The quantitative estimate of drug-likeness (QED) is 0.887. The van der Waals surface area contributed by atoms with E-state index < -0.39 is 6.10 Å². The zero-order valence-corrected chi connectivity index (χ0v) is 12.6. The van der Waals surface area contributed by atoms with Crippen LogP contribution in [0, 0.1) is 0 Å². The molecule has 0 spiro atoms. The average molecular weight is 309 g/mol. The Kier molecular flexibility index (Phi) is 5.31. The fourth-order valence-corrected chi connectivity index (χ4v) is 2.10. The summed E-state index contributed by atoms with van der Waals surface area (Å²) in [5.41, 5.74) is 0.639. The molecule has 0 aromatic heterocycles. The largest absolute Gasteiger partial charge is 0.497 e. The molecule has 5 heteroatoms. The van der Waals surface area contributed by atoms with E-state index in [1.807, 2.05) is 0 Å². The van der Waals surface area contributed by atoms with Crippen molar-refractivity contribution in [3.63, 3.8) is 0 Å². The Hall–Kier alpha value is -1.91. The molecule has 0 fully saturated rings. The van der Waals surface area contributed by atoms with E-state index >= 15 is 0 Å². The van der Waals surface area contributed by atoms with Crippen molar-refractivity contribution in [2.45, 2.75) is 6.10 Å². The smallest absolute Gasteiger partial charge is 0.128 e. The highest BCUT2D eigenvalue weighted by Crippen LogP contribution is 2.30. The van der Waals surface area contributed by atoms with Gasteiger partial charge in [0.15, 0.2) is 0 Å². The number of aliphatic hydroxyl groups is 1. The zero-order valence-electron chi connectivity index (χ0n) is 11.9. The van der Waals surface area contributed by atoms with Crippen LogP contribution in [0.4, 0.5) is 0 Å². The summed E-state index contributed by atoms with van der Waals surface area (Å²) in [6, 6.07) is 12.3. The second-order valence-corrected chi connectivity index (χ2v) is 4.83. The van der Waals surface area contributed by atoms with Crippen molar-refractivity contribution in [1.29, 1.82) is 0 Å². The molecule has 112 valence electrons. The van der Waals surface area contributed by atoms with Crippen molar-refractivity contribution in [1.82, 2.24) is 0 Å². The predicted octanol–water partition coefficient (Wildman–Crippen LogP) is 3.47. The number of hydrogen-bond donors (Lipinski definition) is 1. The van der Waals surface area contributed by atoms with E-state index in [1.54, 1.807) is 56.7 Å². The molecule has 4 nitrogen and oxygen atoms in total. The second kappa shape index (κ2) is 7.20. The van der Waals surface area contributed by atoms with Crippen molar-refractivity contribution < 1.29 is 19.3 Å². The molecule has 0 heterocycles. The Labute approximate surface area is 128 Å². The van der Waals surface area contributed by atoms with Crippen LogP contribution in [0.3, 0.4) is 0 Å². The van der Waals surface area contributed by atoms with Gasteiger partial charge in [0.1, 0.15) is 30.0 Å². The summed E-state index contributed by atoms with van der Waals surface area (Å²) in [5, 5.41) is 10.8. The van der Waals surface area contributed by atoms with E-state index in [9.17, 15) is 5.11 Å². The van der Waals surface area contributed by atoms with Crippen LogP contribution in [0.25, 0.3) is 0 Å². The van der Waals surface area contributed by atoms with Crippen molar-refractivity contribution in [3.05, 3.63) is 53.1 Å². The van der Waals surface area contributed by atoms with Gasteiger partial charge >= 0.3 is 0 Å². The maximum absolute atomic E-state index is 10.2. The van der Waals surface area contributed by atoms with Crippen molar-refractivity contribution in [2.24, 2.45) is 0 Å². The first kappa shape index (κ1) is 15.5. The standard InChI is InChI=1S/C16H17ClO4/c1-19-12-6-7-14(16(9-12)20-2)15(18)10-21-13-5-3-4-11(17)8-13/h3-9,15,18H,10H2,1-2H3. The number of hydrogen-bond acceptors (Lipinski definition) is 4. The highest BCUT2D eigenvalue weighted by atomic mass is 35.5. The molecule has 2 aromatic rings. The van der Waals surface area contributed by atoms with Gasteiger partial charge in [-0.2, -0.15) is 0 Å². The van der Waals surface area contributed by atoms with Crippen LogP contribution in [-0.4, -0.2) is 25.9 Å². The van der Waals surface area contributed by atoms with Crippen LogP contribution < -0.4 is 14.2 Å². The fraction of sp³-hybridized carbons (Fsp3) is 0.250. The van der Waals surface area contributed by atoms with Crippen molar-refractivity contribution in [2.75, 3.05) is 20.8 Å². The molecule has 21 heavy (non-hydrogen) atoms. The third-order valence-corrected chi connectivity index (χ3v) is 3.24. The minimum absolute atomic E-state index is 0.100. The van der Waals surface area contributed by atoms with Gasteiger partial charge < -0.3 is 19.3 Å². The number of rotatable bonds is 6. The maximum Gasteiger partial charge on any atom is 0.128 e.